The predicted molar refractivity (Wildman–Crippen MR) is 106 cm³/mol. The molecule has 2 heterocycles. The fraction of sp³-hybridized carbons (Fsp3) is 0.286. The molecule has 144 valence electrons. The first-order valence-corrected chi connectivity index (χ1v) is 9.32. The van der Waals surface area contributed by atoms with Gasteiger partial charge in [-0.15, -0.1) is 0 Å². The highest BCUT2D eigenvalue weighted by Gasteiger charge is 2.31. The molecule has 7 heteroatoms. The van der Waals surface area contributed by atoms with E-state index in [0.717, 1.165) is 19.6 Å². The van der Waals surface area contributed by atoms with Gasteiger partial charge in [-0.2, -0.15) is 0 Å². The number of nitrogens with two attached hydrogens (primary N) is 1. The van der Waals surface area contributed by atoms with E-state index in [1.807, 2.05) is 18.2 Å². The van der Waals surface area contributed by atoms with E-state index in [-0.39, 0.29) is 11.7 Å². The maximum atomic E-state index is 10.9. The second-order valence-corrected chi connectivity index (χ2v) is 7.12. The van der Waals surface area contributed by atoms with Crippen LogP contribution in [0.5, 0.6) is 0 Å². The summed E-state index contributed by atoms with van der Waals surface area (Å²) < 4.78 is 5.81. The largest absolute Gasteiger partial charge is 0.441 e. The Balaban J connectivity index is 1.38. The number of rotatable bonds is 6. The maximum absolute atomic E-state index is 10.9. The molecule has 1 saturated heterocycles. The van der Waals surface area contributed by atoms with Crippen LogP contribution in [0.15, 0.2) is 65.2 Å². The maximum Gasteiger partial charge on any atom is 0.270 e. The Morgan fingerprint density at radius 3 is 2.79 bits per heavy atom. The second-order valence-electron chi connectivity index (χ2n) is 7.12. The van der Waals surface area contributed by atoms with Crippen molar-refractivity contribution in [2.24, 2.45) is 5.73 Å². The SMILES string of the molecule is N[C@@H]1CN(CCc2ncc(-c3cccc([N+](=O)[O-])c3)o2)C[C@H]1c1ccccc1. The fourth-order valence-electron chi connectivity index (χ4n) is 3.73. The van der Waals surface area contributed by atoms with E-state index < -0.39 is 4.92 Å². The number of hydrogen-bond acceptors (Lipinski definition) is 6. The van der Waals surface area contributed by atoms with E-state index in [0.29, 0.717) is 29.6 Å². The van der Waals surface area contributed by atoms with Crippen molar-refractivity contribution >= 4 is 5.69 Å². The summed E-state index contributed by atoms with van der Waals surface area (Å²) >= 11 is 0. The fourth-order valence-corrected chi connectivity index (χ4v) is 3.73. The Bertz CT molecular complexity index is 957. The first-order chi connectivity index (χ1) is 13.6. The number of hydrogen-bond donors (Lipinski definition) is 1. The van der Waals surface area contributed by atoms with Crippen molar-refractivity contribution in [2.75, 3.05) is 19.6 Å². The molecule has 1 fully saturated rings. The summed E-state index contributed by atoms with van der Waals surface area (Å²) in [6, 6.07) is 16.9. The Morgan fingerprint density at radius 2 is 2.00 bits per heavy atom. The van der Waals surface area contributed by atoms with Crippen LogP contribution in [-0.4, -0.2) is 40.5 Å². The second kappa shape index (κ2) is 7.92. The lowest BCUT2D eigenvalue weighted by Gasteiger charge is -2.15. The molecule has 0 amide bonds. The van der Waals surface area contributed by atoms with Gasteiger partial charge in [0.25, 0.3) is 5.69 Å². The van der Waals surface area contributed by atoms with E-state index >= 15 is 0 Å². The van der Waals surface area contributed by atoms with E-state index in [1.165, 1.54) is 17.7 Å². The zero-order valence-electron chi connectivity index (χ0n) is 15.4. The first-order valence-electron chi connectivity index (χ1n) is 9.32. The highest BCUT2D eigenvalue weighted by atomic mass is 16.6. The van der Waals surface area contributed by atoms with Crippen LogP contribution < -0.4 is 5.73 Å². The smallest absolute Gasteiger partial charge is 0.270 e. The van der Waals surface area contributed by atoms with Gasteiger partial charge in [0, 0.05) is 55.7 Å². The van der Waals surface area contributed by atoms with Gasteiger partial charge in [-0.25, -0.2) is 4.98 Å². The molecule has 2 atom stereocenters. The van der Waals surface area contributed by atoms with Crippen molar-refractivity contribution in [3.05, 3.63) is 82.4 Å². The van der Waals surface area contributed by atoms with Gasteiger partial charge in [0.2, 0.25) is 0 Å². The summed E-state index contributed by atoms with van der Waals surface area (Å²) in [5.41, 5.74) is 8.32. The third-order valence-corrected chi connectivity index (χ3v) is 5.21. The van der Waals surface area contributed by atoms with Crippen molar-refractivity contribution in [3.8, 4) is 11.3 Å². The van der Waals surface area contributed by atoms with Crippen molar-refractivity contribution in [1.29, 1.82) is 0 Å². The quantitative estimate of drug-likeness (QED) is 0.522. The van der Waals surface area contributed by atoms with Crippen LogP contribution in [-0.2, 0) is 6.42 Å². The molecule has 0 unspecified atom stereocenters. The Hall–Kier alpha value is -3.03. The number of nitro benzene ring substituents is 1. The average molecular weight is 378 g/mol. The van der Waals surface area contributed by atoms with Crippen LogP contribution in [0.3, 0.4) is 0 Å². The monoisotopic (exact) mass is 378 g/mol. The molecule has 3 aromatic rings. The van der Waals surface area contributed by atoms with Crippen molar-refractivity contribution in [1.82, 2.24) is 9.88 Å². The lowest BCUT2D eigenvalue weighted by atomic mass is 9.95. The van der Waals surface area contributed by atoms with Gasteiger partial charge < -0.3 is 15.1 Å². The van der Waals surface area contributed by atoms with Crippen LogP contribution in [0.2, 0.25) is 0 Å². The number of non-ortho nitro benzene ring substituents is 1. The Morgan fingerprint density at radius 1 is 1.18 bits per heavy atom. The van der Waals surface area contributed by atoms with Gasteiger partial charge in [-0.3, -0.25) is 10.1 Å². The molecular formula is C21H22N4O3. The normalized spacial score (nSPS) is 19.8. The molecule has 28 heavy (non-hydrogen) atoms. The third-order valence-electron chi connectivity index (χ3n) is 5.21. The summed E-state index contributed by atoms with van der Waals surface area (Å²) in [6.07, 6.45) is 2.29. The molecule has 0 aliphatic carbocycles. The third kappa shape index (κ3) is 3.95. The molecule has 0 spiro atoms. The number of nitro groups is 1. The minimum absolute atomic E-state index is 0.0356. The number of benzene rings is 2. The van der Waals surface area contributed by atoms with Crippen LogP contribution in [0, 0.1) is 10.1 Å². The molecular weight excluding hydrogens is 356 g/mol. The number of likely N-dealkylation sites (tertiary alicyclic amines) is 1. The number of nitrogens with zero attached hydrogens (tertiary/aromatic N) is 3. The predicted octanol–water partition coefficient (Wildman–Crippen LogP) is 3.22. The summed E-state index contributed by atoms with van der Waals surface area (Å²) in [6.45, 7) is 2.58. The molecule has 0 saturated carbocycles. The summed E-state index contributed by atoms with van der Waals surface area (Å²) in [4.78, 5) is 17.2. The standard InChI is InChI=1S/C21H22N4O3/c22-19-14-24(13-18(19)15-5-2-1-3-6-15)10-9-21-23-12-20(28-21)16-7-4-8-17(11-16)25(26)27/h1-8,11-12,18-19H,9-10,13-14,22H2/t18-,19+/m0/s1. The highest BCUT2D eigenvalue weighted by Crippen LogP contribution is 2.27. The van der Waals surface area contributed by atoms with Crippen LogP contribution in [0.25, 0.3) is 11.3 Å². The zero-order valence-corrected chi connectivity index (χ0v) is 15.4. The van der Waals surface area contributed by atoms with E-state index in [1.54, 1.807) is 18.3 Å². The van der Waals surface area contributed by atoms with Gasteiger partial charge in [-0.05, 0) is 5.56 Å². The molecule has 7 nitrogen and oxygen atoms in total. The minimum Gasteiger partial charge on any atom is -0.441 e. The summed E-state index contributed by atoms with van der Waals surface area (Å²) in [5.74, 6) is 1.50. The van der Waals surface area contributed by atoms with Crippen LogP contribution in [0.1, 0.15) is 17.4 Å². The molecule has 1 aromatic heterocycles. The number of oxazole rings is 1. The minimum atomic E-state index is -0.416. The van der Waals surface area contributed by atoms with Crippen molar-refractivity contribution in [3.63, 3.8) is 0 Å². The van der Waals surface area contributed by atoms with Gasteiger partial charge >= 0.3 is 0 Å². The van der Waals surface area contributed by atoms with Crippen LogP contribution in [0.4, 0.5) is 5.69 Å². The Labute approximate surface area is 162 Å². The molecule has 2 N–H and O–H groups in total. The average Bonchev–Trinajstić information content (AvgIpc) is 3.34. The number of aromatic nitrogens is 1. The van der Waals surface area contributed by atoms with Crippen molar-refractivity contribution < 1.29 is 9.34 Å². The van der Waals surface area contributed by atoms with Crippen molar-refractivity contribution in [2.45, 2.75) is 18.4 Å². The first kappa shape index (κ1) is 18.3. The highest BCUT2D eigenvalue weighted by molar-refractivity contribution is 5.60. The summed E-state index contributed by atoms with van der Waals surface area (Å²) in [7, 11) is 0. The van der Waals surface area contributed by atoms with E-state index in [4.69, 9.17) is 10.2 Å². The topological polar surface area (TPSA) is 98.4 Å². The molecule has 2 aromatic carbocycles. The molecule has 0 radical (unpaired) electrons. The van der Waals surface area contributed by atoms with E-state index in [2.05, 4.69) is 22.0 Å². The van der Waals surface area contributed by atoms with E-state index in [9.17, 15) is 10.1 Å². The Kier molecular flexibility index (Phi) is 5.18. The molecule has 4 rings (SSSR count). The van der Waals surface area contributed by atoms with Gasteiger partial charge in [0.15, 0.2) is 11.7 Å². The van der Waals surface area contributed by atoms with Gasteiger partial charge in [-0.1, -0.05) is 42.5 Å². The zero-order chi connectivity index (χ0) is 19.5. The van der Waals surface area contributed by atoms with Gasteiger partial charge in [0.1, 0.15) is 0 Å². The molecule has 1 aliphatic rings. The molecule has 0 bridgehead atoms. The molecule has 1 aliphatic heterocycles. The van der Waals surface area contributed by atoms with Crippen LogP contribution >= 0.6 is 0 Å². The lowest BCUT2D eigenvalue weighted by Crippen LogP contribution is -2.29. The summed E-state index contributed by atoms with van der Waals surface area (Å²) in [5, 5.41) is 10.9. The van der Waals surface area contributed by atoms with Gasteiger partial charge in [0.05, 0.1) is 11.1 Å². The lowest BCUT2D eigenvalue weighted by molar-refractivity contribution is -0.384.